The summed E-state index contributed by atoms with van der Waals surface area (Å²) in [6, 6.07) is 0. The lowest BCUT2D eigenvalue weighted by molar-refractivity contribution is 0.123. The number of hydrogen-bond donors (Lipinski definition) is 2. The number of ether oxygens (including phenoxy) is 2. The summed E-state index contributed by atoms with van der Waals surface area (Å²) in [6.45, 7) is 6.23. The van der Waals surface area contributed by atoms with Gasteiger partial charge in [0.05, 0.1) is 6.61 Å². The van der Waals surface area contributed by atoms with E-state index in [1.54, 1.807) is 14.2 Å². The maximum absolute atomic E-state index is 5.60. The van der Waals surface area contributed by atoms with Gasteiger partial charge in [0.1, 0.15) is 0 Å². The van der Waals surface area contributed by atoms with Gasteiger partial charge in [-0.3, -0.25) is 4.99 Å². The lowest BCUT2D eigenvalue weighted by atomic mass is 10.4. The van der Waals surface area contributed by atoms with E-state index >= 15 is 0 Å². The number of nitrogens with zero attached hydrogens (tertiary/aromatic N) is 2. The van der Waals surface area contributed by atoms with Crippen molar-refractivity contribution < 1.29 is 9.47 Å². The van der Waals surface area contributed by atoms with Crippen LogP contribution in [0.2, 0.25) is 0 Å². The fraction of sp³-hybridized carbons (Fsp3) is 0.933. The number of methoxy groups -OCH3 is 1. The van der Waals surface area contributed by atoms with E-state index in [1.807, 2.05) is 0 Å². The van der Waals surface area contributed by atoms with Gasteiger partial charge < -0.3 is 25.0 Å². The van der Waals surface area contributed by atoms with Gasteiger partial charge in [0.15, 0.2) is 5.96 Å². The molecule has 1 saturated carbocycles. The number of likely N-dealkylation sites (N-methyl/N-ethyl adjacent to an activating group) is 1. The predicted molar refractivity (Wildman–Crippen MR) is 86.9 cm³/mol. The molecule has 0 atom stereocenters. The molecule has 6 nitrogen and oxygen atoms in total. The zero-order chi connectivity index (χ0) is 15.3. The number of nitrogens with one attached hydrogen (secondary N) is 2. The lowest BCUT2D eigenvalue weighted by Gasteiger charge is -2.17. The average molecular weight is 300 g/mol. The molecule has 0 radical (unpaired) electrons. The van der Waals surface area contributed by atoms with Crippen molar-refractivity contribution in [3.8, 4) is 0 Å². The average Bonchev–Trinajstić information content (AvgIpc) is 3.30. The molecule has 0 aromatic rings. The summed E-state index contributed by atoms with van der Waals surface area (Å²) in [5, 5.41) is 6.62. The zero-order valence-corrected chi connectivity index (χ0v) is 13.9. The summed E-state index contributed by atoms with van der Waals surface area (Å²) >= 11 is 0. The normalized spacial score (nSPS) is 15.5. The minimum Gasteiger partial charge on any atom is -0.383 e. The molecule has 1 rings (SSSR count). The van der Waals surface area contributed by atoms with E-state index in [2.05, 4.69) is 27.6 Å². The Bertz CT molecular complexity index is 283. The Balaban J connectivity index is 1.92. The van der Waals surface area contributed by atoms with Gasteiger partial charge in [0.25, 0.3) is 0 Å². The Morgan fingerprint density at radius 2 is 1.95 bits per heavy atom. The molecule has 0 heterocycles. The third-order valence-corrected chi connectivity index (χ3v) is 3.50. The first-order chi connectivity index (χ1) is 10.3. The van der Waals surface area contributed by atoms with Crippen molar-refractivity contribution >= 4 is 5.96 Å². The molecule has 0 spiro atoms. The standard InChI is InChI=1S/C15H32N4O2/c1-16-15(18-8-9-19(2)10-12-20-3)17-7-4-11-21-13-14-5-6-14/h14H,4-13H2,1-3H3,(H2,16,17,18). The van der Waals surface area contributed by atoms with E-state index in [0.29, 0.717) is 0 Å². The van der Waals surface area contributed by atoms with Crippen molar-refractivity contribution in [2.75, 3.05) is 67.2 Å². The third-order valence-electron chi connectivity index (χ3n) is 3.50. The highest BCUT2D eigenvalue weighted by atomic mass is 16.5. The molecule has 6 heteroatoms. The van der Waals surface area contributed by atoms with Crippen LogP contribution in [0.5, 0.6) is 0 Å². The molecule has 0 bridgehead atoms. The summed E-state index contributed by atoms with van der Waals surface area (Å²) in [5.41, 5.74) is 0. The molecule has 0 unspecified atom stereocenters. The molecule has 0 aliphatic heterocycles. The topological polar surface area (TPSA) is 58.1 Å². The van der Waals surface area contributed by atoms with E-state index in [-0.39, 0.29) is 0 Å². The predicted octanol–water partition coefficient (Wildman–Crippen LogP) is 0.546. The van der Waals surface area contributed by atoms with Crippen LogP contribution in [0.1, 0.15) is 19.3 Å². The fourth-order valence-electron chi connectivity index (χ4n) is 1.86. The van der Waals surface area contributed by atoms with Gasteiger partial charge >= 0.3 is 0 Å². The monoisotopic (exact) mass is 300 g/mol. The number of hydrogen-bond acceptors (Lipinski definition) is 4. The van der Waals surface area contributed by atoms with Crippen molar-refractivity contribution in [3.63, 3.8) is 0 Å². The minimum absolute atomic E-state index is 0.768. The van der Waals surface area contributed by atoms with Crippen molar-refractivity contribution in [1.29, 1.82) is 0 Å². The van der Waals surface area contributed by atoms with E-state index in [4.69, 9.17) is 9.47 Å². The van der Waals surface area contributed by atoms with Crippen molar-refractivity contribution in [1.82, 2.24) is 15.5 Å². The van der Waals surface area contributed by atoms with Crippen LogP contribution < -0.4 is 10.6 Å². The van der Waals surface area contributed by atoms with Crippen LogP contribution in [0.15, 0.2) is 4.99 Å². The molecule has 124 valence electrons. The number of aliphatic imine (C=N–C) groups is 1. The first-order valence-corrected chi connectivity index (χ1v) is 7.96. The van der Waals surface area contributed by atoms with Gasteiger partial charge in [-0.25, -0.2) is 0 Å². The van der Waals surface area contributed by atoms with Crippen LogP contribution in [0.4, 0.5) is 0 Å². The van der Waals surface area contributed by atoms with Crippen LogP contribution in [0.25, 0.3) is 0 Å². The van der Waals surface area contributed by atoms with Gasteiger partial charge in [-0.2, -0.15) is 0 Å². The molecule has 1 aliphatic rings. The Morgan fingerprint density at radius 3 is 2.62 bits per heavy atom. The highest BCUT2D eigenvalue weighted by Crippen LogP contribution is 2.28. The summed E-state index contributed by atoms with van der Waals surface area (Å²) in [4.78, 5) is 6.45. The minimum atomic E-state index is 0.768. The summed E-state index contributed by atoms with van der Waals surface area (Å²) in [5.74, 6) is 1.71. The van der Waals surface area contributed by atoms with Crippen molar-refractivity contribution in [3.05, 3.63) is 0 Å². The molecule has 0 aromatic carbocycles. The molecular formula is C15H32N4O2. The lowest BCUT2D eigenvalue weighted by Crippen LogP contribution is -2.41. The Hall–Kier alpha value is -0.850. The van der Waals surface area contributed by atoms with Crippen LogP contribution in [-0.2, 0) is 9.47 Å². The van der Waals surface area contributed by atoms with Crippen LogP contribution in [0, 0.1) is 5.92 Å². The molecule has 21 heavy (non-hydrogen) atoms. The Labute approximate surface area is 129 Å². The second-order valence-electron chi connectivity index (χ2n) is 5.59. The molecule has 0 saturated heterocycles. The molecule has 0 amide bonds. The maximum atomic E-state index is 5.60. The van der Waals surface area contributed by atoms with Crippen LogP contribution in [-0.4, -0.2) is 78.1 Å². The van der Waals surface area contributed by atoms with E-state index in [1.165, 1.54) is 12.8 Å². The Morgan fingerprint density at radius 1 is 1.19 bits per heavy atom. The van der Waals surface area contributed by atoms with Gasteiger partial charge in [-0.05, 0) is 32.2 Å². The molecule has 0 aromatic heterocycles. The highest BCUT2D eigenvalue weighted by Gasteiger charge is 2.20. The van der Waals surface area contributed by atoms with Gasteiger partial charge in [0, 0.05) is 53.6 Å². The summed E-state index contributed by atoms with van der Waals surface area (Å²) in [7, 11) is 5.62. The second-order valence-corrected chi connectivity index (χ2v) is 5.59. The van der Waals surface area contributed by atoms with Crippen LogP contribution in [0.3, 0.4) is 0 Å². The number of rotatable bonds is 12. The van der Waals surface area contributed by atoms with Crippen LogP contribution >= 0.6 is 0 Å². The largest absolute Gasteiger partial charge is 0.383 e. The van der Waals surface area contributed by atoms with E-state index in [9.17, 15) is 0 Å². The van der Waals surface area contributed by atoms with Crippen molar-refractivity contribution in [2.24, 2.45) is 10.9 Å². The smallest absolute Gasteiger partial charge is 0.191 e. The SMILES string of the molecule is CN=C(NCCCOCC1CC1)NCCN(C)CCOC. The third kappa shape index (κ3) is 10.5. The second kappa shape index (κ2) is 11.8. The van der Waals surface area contributed by atoms with Gasteiger partial charge in [-0.1, -0.05) is 0 Å². The Kier molecular flexibility index (Phi) is 10.2. The quantitative estimate of drug-likeness (QED) is 0.313. The van der Waals surface area contributed by atoms with E-state index < -0.39 is 0 Å². The summed E-state index contributed by atoms with van der Waals surface area (Å²) in [6.07, 6.45) is 3.72. The molecule has 2 N–H and O–H groups in total. The molecule has 1 aliphatic carbocycles. The van der Waals surface area contributed by atoms with Gasteiger partial charge in [0.2, 0.25) is 0 Å². The zero-order valence-electron chi connectivity index (χ0n) is 13.9. The fourth-order valence-corrected chi connectivity index (χ4v) is 1.86. The van der Waals surface area contributed by atoms with Gasteiger partial charge in [-0.15, -0.1) is 0 Å². The van der Waals surface area contributed by atoms with Crippen molar-refractivity contribution in [2.45, 2.75) is 19.3 Å². The number of guanidine groups is 1. The van der Waals surface area contributed by atoms with E-state index in [0.717, 1.165) is 64.3 Å². The summed E-state index contributed by atoms with van der Waals surface area (Å²) < 4.78 is 10.7. The highest BCUT2D eigenvalue weighted by molar-refractivity contribution is 5.79. The first-order valence-electron chi connectivity index (χ1n) is 7.96. The molecular weight excluding hydrogens is 268 g/mol. The first kappa shape index (κ1) is 18.2. The molecule has 1 fully saturated rings. The maximum Gasteiger partial charge on any atom is 0.191 e.